The molecule has 4 bridgehead atoms. The molecule has 4 aliphatic carbocycles. The smallest absolute Gasteiger partial charge is 0.0705 e. The maximum absolute atomic E-state index is 4.75. The van der Waals surface area contributed by atoms with E-state index in [-0.39, 0.29) is 0 Å². The summed E-state index contributed by atoms with van der Waals surface area (Å²) in [6.45, 7) is 4.00. The van der Waals surface area contributed by atoms with Gasteiger partial charge in [0.1, 0.15) is 0 Å². The minimum absolute atomic E-state index is 0.789. The first-order valence-electron chi connectivity index (χ1n) is 17.4. The van der Waals surface area contributed by atoms with E-state index >= 15 is 0 Å². The Bertz CT molecular complexity index is 1990. The molecule has 4 aliphatic rings. The van der Waals surface area contributed by atoms with Gasteiger partial charge in [0.25, 0.3) is 0 Å². The third-order valence-electron chi connectivity index (χ3n) is 10.9. The molecule has 2 heteroatoms. The summed E-state index contributed by atoms with van der Waals surface area (Å²) in [5.74, 6) is 3.17. The van der Waals surface area contributed by atoms with Gasteiger partial charge in [-0.05, 0) is 125 Å². The zero-order chi connectivity index (χ0) is 31.0. The normalized spacial score (nSPS) is 21.2. The van der Waals surface area contributed by atoms with Crippen molar-refractivity contribution in [3.05, 3.63) is 144 Å². The summed E-state index contributed by atoms with van der Waals surface area (Å²) >= 11 is 0. The number of aromatic nitrogens is 2. The molecule has 0 saturated heterocycles. The van der Waals surface area contributed by atoms with Gasteiger partial charge in [-0.2, -0.15) is 0 Å². The standard InChI is InChI=1S/C22H19N.C20H17N.C2H6/c1-2-4-15(5-3-1)16-6-8-17(9-7-16)22-13-20-18-10-11-19(12-18)21(20)14-23-22;1-2-4-14-9-17(8-5-13(14)3-1)20-11-18-15-6-7-16(10-15)19(18)12-21-20;1-2/h1-9,13-14,18-19H,10-12H2;1-5,8-9,11-12,15-16H,6-7,10H2;1-2H3. The van der Waals surface area contributed by atoms with Crippen molar-refractivity contribution in [2.45, 2.75) is 76.0 Å². The third kappa shape index (κ3) is 5.24. The van der Waals surface area contributed by atoms with E-state index in [4.69, 9.17) is 9.97 Å². The molecule has 2 aromatic heterocycles. The molecule has 0 aliphatic heterocycles. The number of pyridine rings is 2. The van der Waals surface area contributed by atoms with Crippen LogP contribution in [0.1, 0.15) is 98.3 Å². The monoisotopic (exact) mass is 598 g/mol. The molecule has 2 fully saturated rings. The molecule has 10 rings (SSSR count). The molecule has 2 heterocycles. The summed E-state index contributed by atoms with van der Waals surface area (Å²) in [6, 6.07) is 39.2. The topological polar surface area (TPSA) is 25.8 Å². The van der Waals surface area contributed by atoms with Gasteiger partial charge in [0, 0.05) is 23.5 Å². The predicted molar refractivity (Wildman–Crippen MR) is 192 cm³/mol. The van der Waals surface area contributed by atoms with Crippen LogP contribution >= 0.6 is 0 Å². The van der Waals surface area contributed by atoms with Crippen molar-refractivity contribution in [1.29, 1.82) is 0 Å². The summed E-state index contributed by atoms with van der Waals surface area (Å²) in [7, 11) is 0. The van der Waals surface area contributed by atoms with Crippen LogP contribution in [-0.2, 0) is 0 Å². The average molecular weight is 599 g/mol. The van der Waals surface area contributed by atoms with Crippen molar-refractivity contribution in [2.75, 3.05) is 0 Å². The number of hydrogen-bond acceptors (Lipinski definition) is 2. The lowest BCUT2D eigenvalue weighted by Gasteiger charge is -2.15. The van der Waals surface area contributed by atoms with E-state index in [2.05, 4.69) is 122 Å². The summed E-state index contributed by atoms with van der Waals surface area (Å²) in [5, 5.41) is 2.58. The van der Waals surface area contributed by atoms with Gasteiger partial charge in [-0.1, -0.05) is 105 Å². The van der Waals surface area contributed by atoms with Crippen LogP contribution in [0.15, 0.2) is 122 Å². The highest BCUT2D eigenvalue weighted by Crippen LogP contribution is 2.54. The molecule has 6 aromatic rings. The summed E-state index contributed by atoms with van der Waals surface area (Å²) in [4.78, 5) is 9.49. The van der Waals surface area contributed by atoms with Crippen molar-refractivity contribution in [1.82, 2.24) is 9.97 Å². The Balaban J connectivity index is 0.000000129. The quantitative estimate of drug-likeness (QED) is 0.202. The van der Waals surface area contributed by atoms with Crippen LogP contribution in [0.4, 0.5) is 0 Å². The Morgan fingerprint density at radius 1 is 0.413 bits per heavy atom. The van der Waals surface area contributed by atoms with Crippen LogP contribution in [0.25, 0.3) is 44.4 Å². The molecule has 0 spiro atoms. The molecular weight excluding hydrogens is 556 g/mol. The maximum atomic E-state index is 4.75. The van der Waals surface area contributed by atoms with Gasteiger partial charge >= 0.3 is 0 Å². The number of nitrogens with zero attached hydrogens (tertiary/aromatic N) is 2. The fraction of sp³-hybridized carbons (Fsp3) is 0.273. The average Bonchev–Trinajstić information content (AvgIpc) is 3.96. The Labute approximate surface area is 273 Å². The third-order valence-corrected chi connectivity index (χ3v) is 10.9. The van der Waals surface area contributed by atoms with Crippen LogP contribution < -0.4 is 0 Å². The zero-order valence-electron chi connectivity index (χ0n) is 27.0. The van der Waals surface area contributed by atoms with Crippen LogP contribution in [0.5, 0.6) is 0 Å². The Hall–Kier alpha value is -4.56. The second-order valence-corrected chi connectivity index (χ2v) is 13.3. The molecular formula is C44H42N2. The lowest BCUT2D eigenvalue weighted by molar-refractivity contribution is 0.714. The minimum atomic E-state index is 0.789. The van der Waals surface area contributed by atoms with E-state index in [0.29, 0.717) is 0 Å². The fourth-order valence-corrected chi connectivity index (χ4v) is 8.57. The Morgan fingerprint density at radius 3 is 1.48 bits per heavy atom. The molecule has 2 nitrogen and oxygen atoms in total. The highest BCUT2D eigenvalue weighted by molar-refractivity contribution is 5.86. The molecule has 0 N–H and O–H groups in total. The van der Waals surface area contributed by atoms with Gasteiger partial charge in [0.05, 0.1) is 11.4 Å². The lowest BCUT2D eigenvalue weighted by atomic mass is 9.92. The molecule has 2 saturated carbocycles. The van der Waals surface area contributed by atoms with Crippen LogP contribution in [-0.4, -0.2) is 9.97 Å². The van der Waals surface area contributed by atoms with E-state index < -0.39 is 0 Å². The first-order valence-corrected chi connectivity index (χ1v) is 17.4. The molecule has 46 heavy (non-hydrogen) atoms. The van der Waals surface area contributed by atoms with Gasteiger partial charge in [-0.3, -0.25) is 9.97 Å². The van der Waals surface area contributed by atoms with Gasteiger partial charge in [-0.25, -0.2) is 0 Å². The number of benzene rings is 4. The largest absolute Gasteiger partial charge is 0.256 e. The van der Waals surface area contributed by atoms with Crippen molar-refractivity contribution in [3.63, 3.8) is 0 Å². The van der Waals surface area contributed by atoms with Crippen molar-refractivity contribution >= 4 is 10.8 Å². The SMILES string of the molecule is CC.c1ccc(-c2ccc(-c3cc4c(cn3)C3CCC4C3)cc2)cc1.c1ccc2cc(-c3cc4c(cn3)C3CCC4C3)ccc2c1. The Morgan fingerprint density at radius 2 is 0.870 bits per heavy atom. The highest BCUT2D eigenvalue weighted by Gasteiger charge is 2.38. The van der Waals surface area contributed by atoms with Gasteiger partial charge < -0.3 is 0 Å². The van der Waals surface area contributed by atoms with E-state index in [9.17, 15) is 0 Å². The second kappa shape index (κ2) is 12.3. The first-order chi connectivity index (χ1) is 22.8. The molecule has 4 atom stereocenters. The summed E-state index contributed by atoms with van der Waals surface area (Å²) < 4.78 is 0. The molecule has 4 aromatic carbocycles. The molecule has 0 amide bonds. The molecule has 0 radical (unpaired) electrons. The maximum Gasteiger partial charge on any atom is 0.0705 e. The van der Waals surface area contributed by atoms with E-state index in [1.807, 2.05) is 13.8 Å². The van der Waals surface area contributed by atoms with Crippen LogP contribution in [0, 0.1) is 0 Å². The fourth-order valence-electron chi connectivity index (χ4n) is 8.57. The van der Waals surface area contributed by atoms with Crippen molar-refractivity contribution < 1.29 is 0 Å². The minimum Gasteiger partial charge on any atom is -0.256 e. The van der Waals surface area contributed by atoms with Crippen molar-refractivity contribution in [3.8, 4) is 33.6 Å². The second-order valence-electron chi connectivity index (χ2n) is 13.3. The van der Waals surface area contributed by atoms with E-state index in [1.165, 1.54) is 82.7 Å². The lowest BCUT2D eigenvalue weighted by Crippen LogP contribution is -1.99. The molecule has 228 valence electrons. The van der Waals surface area contributed by atoms with Gasteiger partial charge in [-0.15, -0.1) is 0 Å². The van der Waals surface area contributed by atoms with E-state index in [0.717, 1.165) is 35.1 Å². The number of rotatable bonds is 3. The first kappa shape index (κ1) is 28.9. The van der Waals surface area contributed by atoms with E-state index in [1.54, 1.807) is 11.1 Å². The van der Waals surface area contributed by atoms with Gasteiger partial charge in [0.15, 0.2) is 0 Å². The predicted octanol–water partition coefficient (Wildman–Crippen LogP) is 12.1. The Kier molecular flexibility index (Phi) is 7.74. The number of hydrogen-bond donors (Lipinski definition) is 0. The summed E-state index contributed by atoms with van der Waals surface area (Å²) in [6.07, 6.45) is 12.5. The number of fused-ring (bicyclic) bond motifs is 11. The summed E-state index contributed by atoms with van der Waals surface area (Å²) in [5.41, 5.74) is 13.4. The highest BCUT2D eigenvalue weighted by atomic mass is 14.7. The molecule has 4 unspecified atom stereocenters. The zero-order valence-corrected chi connectivity index (χ0v) is 27.0. The van der Waals surface area contributed by atoms with Crippen molar-refractivity contribution in [2.24, 2.45) is 0 Å². The van der Waals surface area contributed by atoms with Crippen LogP contribution in [0.3, 0.4) is 0 Å². The van der Waals surface area contributed by atoms with Crippen LogP contribution in [0.2, 0.25) is 0 Å². The van der Waals surface area contributed by atoms with Gasteiger partial charge in [0.2, 0.25) is 0 Å².